The lowest BCUT2D eigenvalue weighted by Crippen LogP contribution is -2.16. The van der Waals surface area contributed by atoms with Gasteiger partial charge in [-0.1, -0.05) is 199 Å². The van der Waals surface area contributed by atoms with Crippen LogP contribution in [0.15, 0.2) is 188 Å². The molecule has 0 heteroatoms. The summed E-state index contributed by atoms with van der Waals surface area (Å²) in [4.78, 5) is 0. The first-order chi connectivity index (χ1) is 31.9. The van der Waals surface area contributed by atoms with Crippen LogP contribution in [-0.2, 0) is 16.2 Å². The molecule has 3 aliphatic carbocycles. The van der Waals surface area contributed by atoms with Crippen molar-refractivity contribution >= 4 is 21.5 Å². The number of hydrogen-bond donors (Lipinski definition) is 0. The molecule has 3 aliphatic rings. The normalized spacial score (nSPS) is 15.3. The second kappa shape index (κ2) is 13.6. The Balaban J connectivity index is 0.804. The van der Waals surface area contributed by atoms with Crippen LogP contribution in [0.2, 0.25) is 0 Å². The SMILES string of the molecule is Cc1c2ccccc2c(-c2ccc(-c3ccc4c(c3)C(C)(C)c3cc(-c5ccc6c(c5)C(C)(C)c5cc(-c7ccc8c(c7)C(C)(C)c7ccccc7-8)ccc5-6)ccc3-4)cc2)c2ccccc12. The number of hydrogen-bond acceptors (Lipinski definition) is 0. The highest BCUT2D eigenvalue weighted by Crippen LogP contribution is 2.54. The first kappa shape index (κ1) is 39.1. The highest BCUT2D eigenvalue weighted by atomic mass is 14.4. The van der Waals surface area contributed by atoms with Gasteiger partial charge in [0.15, 0.2) is 0 Å². The molecule has 0 N–H and O–H groups in total. The van der Waals surface area contributed by atoms with Gasteiger partial charge in [0.05, 0.1) is 0 Å². The minimum absolute atomic E-state index is 0.0221. The van der Waals surface area contributed by atoms with Crippen molar-refractivity contribution < 1.29 is 0 Å². The van der Waals surface area contributed by atoms with E-state index in [1.54, 1.807) is 0 Å². The summed E-state index contributed by atoms with van der Waals surface area (Å²) in [5.74, 6) is 0. The van der Waals surface area contributed by atoms with Crippen molar-refractivity contribution in [3.63, 3.8) is 0 Å². The smallest absolute Gasteiger partial charge is 0.0159 e. The van der Waals surface area contributed by atoms with Crippen LogP contribution in [0.4, 0.5) is 0 Å². The zero-order valence-electron chi connectivity index (χ0n) is 38.9. The third-order valence-electron chi connectivity index (χ3n) is 16.3. The molecule has 10 aromatic rings. The van der Waals surface area contributed by atoms with E-state index in [2.05, 4.69) is 237 Å². The maximum absolute atomic E-state index is 2.48. The van der Waals surface area contributed by atoms with Crippen LogP contribution in [0.5, 0.6) is 0 Å². The van der Waals surface area contributed by atoms with Gasteiger partial charge in [0.25, 0.3) is 0 Å². The second-order valence-electron chi connectivity index (χ2n) is 20.9. The highest BCUT2D eigenvalue weighted by Gasteiger charge is 2.39. The Morgan fingerprint density at radius 3 is 0.909 bits per heavy atom. The Labute approximate surface area is 389 Å². The lowest BCUT2D eigenvalue weighted by molar-refractivity contribution is 0.659. The number of benzene rings is 10. The van der Waals surface area contributed by atoms with Gasteiger partial charge in [0.1, 0.15) is 0 Å². The van der Waals surface area contributed by atoms with Crippen molar-refractivity contribution in [2.45, 2.75) is 64.7 Å². The van der Waals surface area contributed by atoms with E-state index in [4.69, 9.17) is 0 Å². The van der Waals surface area contributed by atoms with Gasteiger partial charge in [-0.2, -0.15) is 0 Å². The predicted molar refractivity (Wildman–Crippen MR) is 281 cm³/mol. The van der Waals surface area contributed by atoms with Crippen molar-refractivity contribution in [3.8, 4) is 77.9 Å². The zero-order chi connectivity index (χ0) is 44.9. The van der Waals surface area contributed by atoms with E-state index in [1.807, 2.05) is 0 Å². The molecule has 0 bridgehead atoms. The van der Waals surface area contributed by atoms with Crippen LogP contribution in [0.25, 0.3) is 99.4 Å². The molecule has 0 saturated heterocycles. The van der Waals surface area contributed by atoms with E-state index in [0.29, 0.717) is 0 Å². The molecule has 0 fully saturated rings. The van der Waals surface area contributed by atoms with Crippen LogP contribution < -0.4 is 0 Å². The molecule has 0 nitrogen and oxygen atoms in total. The van der Waals surface area contributed by atoms with Gasteiger partial charge in [-0.25, -0.2) is 0 Å². The largest absolute Gasteiger partial charge is 0.0619 e. The summed E-state index contributed by atoms with van der Waals surface area (Å²) >= 11 is 0. The van der Waals surface area contributed by atoms with Crippen molar-refractivity contribution in [1.82, 2.24) is 0 Å². The van der Waals surface area contributed by atoms with Crippen molar-refractivity contribution in [2.75, 3.05) is 0 Å². The summed E-state index contributed by atoms with van der Waals surface area (Å²) < 4.78 is 0. The fourth-order valence-electron chi connectivity index (χ4n) is 12.6. The first-order valence-electron chi connectivity index (χ1n) is 23.7. The molecule has 0 spiro atoms. The molecule has 0 unspecified atom stereocenters. The number of rotatable bonds is 4. The third-order valence-corrected chi connectivity index (χ3v) is 16.3. The Kier molecular flexibility index (Phi) is 8.08. The molecular formula is C66H52. The van der Waals surface area contributed by atoms with Gasteiger partial charge in [-0.05, 0) is 176 Å². The summed E-state index contributed by atoms with van der Waals surface area (Å²) in [6, 6.07) is 71.7. The number of fused-ring (bicyclic) bond motifs is 11. The Hall–Kier alpha value is -7.28. The summed E-state index contributed by atoms with van der Waals surface area (Å²) in [5.41, 5.74) is 27.8. The lowest BCUT2D eigenvalue weighted by atomic mass is 9.79. The molecular weight excluding hydrogens is 793 g/mol. The summed E-state index contributed by atoms with van der Waals surface area (Å²) in [6.45, 7) is 16.6. The van der Waals surface area contributed by atoms with Crippen molar-refractivity contribution in [1.29, 1.82) is 0 Å². The van der Waals surface area contributed by atoms with Crippen molar-refractivity contribution in [3.05, 3.63) is 227 Å². The molecule has 0 aliphatic heterocycles. The maximum Gasteiger partial charge on any atom is 0.0159 e. The lowest BCUT2D eigenvalue weighted by Gasteiger charge is -2.24. The first-order valence-corrected chi connectivity index (χ1v) is 23.7. The Bertz CT molecular complexity index is 3660. The maximum atomic E-state index is 2.48. The van der Waals surface area contributed by atoms with E-state index in [-0.39, 0.29) is 16.2 Å². The molecule has 0 aromatic heterocycles. The van der Waals surface area contributed by atoms with Gasteiger partial charge in [-0.3, -0.25) is 0 Å². The van der Waals surface area contributed by atoms with E-state index in [1.165, 1.54) is 138 Å². The third kappa shape index (κ3) is 5.39. The van der Waals surface area contributed by atoms with E-state index >= 15 is 0 Å². The molecule has 0 heterocycles. The average Bonchev–Trinajstić information content (AvgIpc) is 3.82. The van der Waals surface area contributed by atoms with Crippen LogP contribution in [0.3, 0.4) is 0 Å². The fraction of sp³-hybridized carbons (Fsp3) is 0.152. The van der Waals surface area contributed by atoms with Gasteiger partial charge >= 0.3 is 0 Å². The van der Waals surface area contributed by atoms with Crippen LogP contribution >= 0.6 is 0 Å². The topological polar surface area (TPSA) is 0 Å². The highest BCUT2D eigenvalue weighted by molar-refractivity contribution is 6.15. The van der Waals surface area contributed by atoms with Crippen LogP contribution in [0.1, 0.15) is 80.5 Å². The zero-order valence-corrected chi connectivity index (χ0v) is 38.9. The summed E-state index contributed by atoms with van der Waals surface area (Å²) in [6.07, 6.45) is 0. The molecule has 0 radical (unpaired) electrons. The van der Waals surface area contributed by atoms with Gasteiger partial charge < -0.3 is 0 Å². The molecule has 10 aromatic carbocycles. The van der Waals surface area contributed by atoms with Gasteiger partial charge in [-0.15, -0.1) is 0 Å². The second-order valence-corrected chi connectivity index (χ2v) is 20.9. The van der Waals surface area contributed by atoms with Gasteiger partial charge in [0, 0.05) is 16.2 Å². The van der Waals surface area contributed by atoms with Crippen LogP contribution in [0, 0.1) is 6.92 Å². The Morgan fingerprint density at radius 2 is 0.515 bits per heavy atom. The molecule has 0 atom stereocenters. The minimum Gasteiger partial charge on any atom is -0.0619 e. The van der Waals surface area contributed by atoms with Crippen LogP contribution in [-0.4, -0.2) is 0 Å². The van der Waals surface area contributed by atoms with E-state index in [9.17, 15) is 0 Å². The summed E-state index contributed by atoms with van der Waals surface area (Å²) in [5, 5.41) is 5.26. The van der Waals surface area contributed by atoms with Crippen molar-refractivity contribution in [2.24, 2.45) is 0 Å². The molecule has 13 rings (SSSR count). The molecule has 0 amide bonds. The molecule has 316 valence electrons. The minimum atomic E-state index is -0.144. The van der Waals surface area contributed by atoms with E-state index < -0.39 is 0 Å². The van der Waals surface area contributed by atoms with Gasteiger partial charge in [0.2, 0.25) is 0 Å². The Morgan fingerprint density at radius 1 is 0.242 bits per heavy atom. The average molecular weight is 845 g/mol. The van der Waals surface area contributed by atoms with E-state index in [0.717, 1.165) is 0 Å². The predicted octanol–water partition coefficient (Wildman–Crippen LogP) is 17.9. The standard InChI is InChI=1S/C66H52/c1-39-47-14-8-10-17-55(47)63(56-18-11-9-15-48(39)56)41-22-20-40(21-23-41)42-24-29-51-52-31-27-45(37-60(52)65(4,5)59(51)34-42)46-28-33-54-53-32-26-44(36-61(53)66(6,7)62(54)38-46)43-25-30-50-49-16-12-13-19-57(49)64(2,3)58(50)35-43/h8-38H,1-7H3. The monoisotopic (exact) mass is 844 g/mol. The number of aryl methyl sites for hydroxylation is 1. The molecule has 0 saturated carbocycles. The summed E-state index contributed by atoms with van der Waals surface area (Å²) in [7, 11) is 0. The fourth-order valence-corrected chi connectivity index (χ4v) is 12.6. The quantitative estimate of drug-likeness (QED) is 0.155. The molecule has 66 heavy (non-hydrogen) atoms.